The van der Waals surface area contributed by atoms with E-state index in [0.717, 1.165) is 12.8 Å². The van der Waals surface area contributed by atoms with Crippen molar-refractivity contribution in [3.8, 4) is 0 Å². The number of nitrogens with one attached hydrogen (secondary N) is 1. The summed E-state index contributed by atoms with van der Waals surface area (Å²) in [5.74, 6) is 0.237. The Morgan fingerprint density at radius 2 is 1.75 bits per heavy atom. The molecule has 0 aliphatic rings. The Kier molecular flexibility index (Phi) is 4.20. The highest BCUT2D eigenvalue weighted by atomic mass is 32.2. The van der Waals surface area contributed by atoms with Crippen LogP contribution >= 0.6 is 0 Å². The highest BCUT2D eigenvalue weighted by molar-refractivity contribution is 7.89. The SMILES string of the molecule is CNS(=O)(=O)CCCC(C)(C)C. The summed E-state index contributed by atoms with van der Waals surface area (Å²) in [6, 6.07) is 0. The zero-order valence-electron chi connectivity index (χ0n) is 8.35. The average molecular weight is 193 g/mol. The molecule has 0 heterocycles. The van der Waals surface area contributed by atoms with Crippen molar-refractivity contribution in [1.82, 2.24) is 4.72 Å². The largest absolute Gasteiger partial charge is 0.218 e. The average Bonchev–Trinajstić information content (AvgIpc) is 1.84. The van der Waals surface area contributed by atoms with Crippen molar-refractivity contribution in [2.24, 2.45) is 5.41 Å². The number of sulfonamides is 1. The molecule has 0 aromatic heterocycles. The fourth-order valence-electron chi connectivity index (χ4n) is 0.895. The minimum absolute atomic E-state index is 0.225. The van der Waals surface area contributed by atoms with E-state index >= 15 is 0 Å². The van der Waals surface area contributed by atoms with E-state index in [-0.39, 0.29) is 11.2 Å². The van der Waals surface area contributed by atoms with Crippen LogP contribution in [0.2, 0.25) is 0 Å². The topological polar surface area (TPSA) is 46.2 Å². The van der Waals surface area contributed by atoms with E-state index in [9.17, 15) is 8.42 Å². The molecule has 0 radical (unpaired) electrons. The van der Waals surface area contributed by atoms with Gasteiger partial charge in [-0.05, 0) is 25.3 Å². The summed E-state index contributed by atoms with van der Waals surface area (Å²) in [6.07, 6.45) is 1.67. The first kappa shape index (κ1) is 11.9. The van der Waals surface area contributed by atoms with Crippen LogP contribution in [0.5, 0.6) is 0 Å². The molecule has 0 rings (SSSR count). The first-order valence-corrected chi connectivity index (χ1v) is 5.83. The Labute approximate surface area is 75.6 Å². The predicted molar refractivity (Wildman–Crippen MR) is 51.5 cm³/mol. The molecule has 0 fully saturated rings. The fourth-order valence-corrected chi connectivity index (χ4v) is 1.62. The normalized spacial score (nSPS) is 13.3. The third-order valence-corrected chi connectivity index (χ3v) is 3.10. The minimum atomic E-state index is -2.99. The van der Waals surface area contributed by atoms with E-state index in [0.29, 0.717) is 0 Å². The molecule has 4 heteroatoms. The first-order valence-electron chi connectivity index (χ1n) is 4.18. The molecule has 0 aromatic rings. The van der Waals surface area contributed by atoms with Gasteiger partial charge in [-0.2, -0.15) is 0 Å². The van der Waals surface area contributed by atoms with Gasteiger partial charge in [-0.15, -0.1) is 0 Å². The van der Waals surface area contributed by atoms with Crippen molar-refractivity contribution in [2.45, 2.75) is 33.6 Å². The van der Waals surface area contributed by atoms with Crippen LogP contribution in [-0.4, -0.2) is 21.2 Å². The molecular formula is C8H19NO2S. The molecule has 0 spiro atoms. The van der Waals surface area contributed by atoms with Crippen LogP contribution in [0.1, 0.15) is 33.6 Å². The molecule has 0 unspecified atom stereocenters. The molecule has 0 bridgehead atoms. The Balaban J connectivity index is 3.73. The van der Waals surface area contributed by atoms with Crippen LogP contribution < -0.4 is 4.72 Å². The third kappa shape index (κ3) is 6.61. The molecule has 1 N–H and O–H groups in total. The third-order valence-electron chi connectivity index (χ3n) is 1.65. The van der Waals surface area contributed by atoms with Crippen LogP contribution in [0, 0.1) is 5.41 Å². The Bertz CT molecular complexity index is 214. The summed E-state index contributed by atoms with van der Waals surface area (Å²) < 4.78 is 24.2. The van der Waals surface area contributed by atoms with Gasteiger partial charge in [0.15, 0.2) is 0 Å². The van der Waals surface area contributed by atoms with Gasteiger partial charge in [0.2, 0.25) is 10.0 Å². The lowest BCUT2D eigenvalue weighted by Crippen LogP contribution is -2.22. The van der Waals surface area contributed by atoms with E-state index in [1.807, 2.05) is 0 Å². The smallest absolute Gasteiger partial charge is 0.211 e. The molecule has 12 heavy (non-hydrogen) atoms. The molecule has 0 aliphatic carbocycles. The molecule has 3 nitrogen and oxygen atoms in total. The van der Waals surface area contributed by atoms with Gasteiger partial charge >= 0.3 is 0 Å². The maximum atomic E-state index is 11.0. The van der Waals surface area contributed by atoms with E-state index < -0.39 is 10.0 Å². The zero-order chi connectivity index (χ0) is 9.83. The molecular weight excluding hydrogens is 174 g/mol. The monoisotopic (exact) mass is 193 g/mol. The summed E-state index contributed by atoms with van der Waals surface area (Å²) in [4.78, 5) is 0. The summed E-state index contributed by atoms with van der Waals surface area (Å²) >= 11 is 0. The summed E-state index contributed by atoms with van der Waals surface area (Å²) in [5.41, 5.74) is 0.225. The molecule has 0 saturated carbocycles. The number of hydrogen-bond acceptors (Lipinski definition) is 2. The highest BCUT2D eigenvalue weighted by Gasteiger charge is 2.12. The van der Waals surface area contributed by atoms with Crippen molar-refractivity contribution in [2.75, 3.05) is 12.8 Å². The van der Waals surface area contributed by atoms with Crippen molar-refractivity contribution in [3.63, 3.8) is 0 Å². The van der Waals surface area contributed by atoms with E-state index in [1.165, 1.54) is 7.05 Å². The van der Waals surface area contributed by atoms with Crippen LogP contribution in [0.3, 0.4) is 0 Å². The van der Waals surface area contributed by atoms with Crippen LogP contribution in [0.4, 0.5) is 0 Å². The van der Waals surface area contributed by atoms with Crippen molar-refractivity contribution in [1.29, 1.82) is 0 Å². The number of hydrogen-bond donors (Lipinski definition) is 1. The van der Waals surface area contributed by atoms with E-state index in [2.05, 4.69) is 25.5 Å². The molecule has 0 aliphatic heterocycles. The predicted octanol–water partition coefficient (Wildman–Crippen LogP) is 1.36. The summed E-state index contributed by atoms with van der Waals surface area (Å²) in [5, 5.41) is 0. The maximum absolute atomic E-state index is 11.0. The second-order valence-electron chi connectivity index (χ2n) is 4.19. The van der Waals surface area contributed by atoms with E-state index in [1.54, 1.807) is 0 Å². The molecule has 0 amide bonds. The molecule has 0 aromatic carbocycles. The lowest BCUT2D eigenvalue weighted by Gasteiger charge is -2.17. The van der Waals surface area contributed by atoms with Crippen LogP contribution in [-0.2, 0) is 10.0 Å². The first-order chi connectivity index (χ1) is 5.27. The highest BCUT2D eigenvalue weighted by Crippen LogP contribution is 2.20. The van der Waals surface area contributed by atoms with Crippen molar-refractivity contribution >= 4 is 10.0 Å². The van der Waals surface area contributed by atoms with Gasteiger partial charge < -0.3 is 0 Å². The van der Waals surface area contributed by atoms with Gasteiger partial charge in [-0.1, -0.05) is 20.8 Å². The fraction of sp³-hybridized carbons (Fsp3) is 1.00. The zero-order valence-corrected chi connectivity index (χ0v) is 9.16. The van der Waals surface area contributed by atoms with Gasteiger partial charge in [0.05, 0.1) is 5.75 Å². The Morgan fingerprint density at radius 1 is 1.25 bits per heavy atom. The quantitative estimate of drug-likeness (QED) is 0.733. The van der Waals surface area contributed by atoms with Gasteiger partial charge in [0.1, 0.15) is 0 Å². The minimum Gasteiger partial charge on any atom is -0.218 e. The lowest BCUT2D eigenvalue weighted by molar-refractivity contribution is 0.373. The van der Waals surface area contributed by atoms with Crippen molar-refractivity contribution in [3.05, 3.63) is 0 Å². The molecule has 0 saturated heterocycles. The van der Waals surface area contributed by atoms with Crippen LogP contribution in [0.25, 0.3) is 0 Å². The van der Waals surface area contributed by atoms with Gasteiger partial charge in [-0.3, -0.25) is 0 Å². The van der Waals surface area contributed by atoms with Gasteiger partial charge in [0, 0.05) is 0 Å². The lowest BCUT2D eigenvalue weighted by atomic mass is 9.91. The number of rotatable bonds is 4. The van der Waals surface area contributed by atoms with Gasteiger partial charge in [0.25, 0.3) is 0 Å². The summed E-state index contributed by atoms with van der Waals surface area (Å²) in [7, 11) is -1.54. The van der Waals surface area contributed by atoms with Crippen LogP contribution in [0.15, 0.2) is 0 Å². The summed E-state index contributed by atoms with van der Waals surface area (Å²) in [6.45, 7) is 6.33. The van der Waals surface area contributed by atoms with Crippen molar-refractivity contribution < 1.29 is 8.42 Å². The Hall–Kier alpha value is -0.0900. The molecule has 74 valence electrons. The standard InChI is InChI=1S/C8H19NO2S/c1-8(2,3)6-5-7-12(10,11)9-4/h9H,5-7H2,1-4H3. The van der Waals surface area contributed by atoms with E-state index in [4.69, 9.17) is 0 Å². The maximum Gasteiger partial charge on any atom is 0.211 e. The molecule has 0 atom stereocenters. The second kappa shape index (κ2) is 4.23. The van der Waals surface area contributed by atoms with Gasteiger partial charge in [-0.25, -0.2) is 13.1 Å². The Morgan fingerprint density at radius 3 is 2.08 bits per heavy atom. The second-order valence-corrected chi connectivity index (χ2v) is 6.23.